The second-order valence-electron chi connectivity index (χ2n) is 3.89. The molecule has 2 rings (SSSR count). The summed E-state index contributed by atoms with van der Waals surface area (Å²) in [4.78, 5) is 11.4. The van der Waals surface area contributed by atoms with Gasteiger partial charge in [-0.1, -0.05) is 6.07 Å². The molecule has 3 heteroatoms. The third-order valence-corrected chi connectivity index (χ3v) is 2.67. The Morgan fingerprint density at radius 1 is 1.47 bits per heavy atom. The van der Waals surface area contributed by atoms with Crippen molar-refractivity contribution in [1.82, 2.24) is 0 Å². The van der Waals surface area contributed by atoms with Crippen molar-refractivity contribution >= 4 is 5.97 Å². The van der Waals surface area contributed by atoms with Crippen LogP contribution in [0.5, 0.6) is 0 Å². The van der Waals surface area contributed by atoms with Gasteiger partial charge in [-0.25, -0.2) is 4.79 Å². The van der Waals surface area contributed by atoms with Crippen LogP contribution in [-0.2, 0) is 11.3 Å². The number of hydrogen-bond acceptors (Lipinski definition) is 3. The molecule has 0 radical (unpaired) electrons. The van der Waals surface area contributed by atoms with Gasteiger partial charge in [-0.3, -0.25) is 0 Å². The number of hydrogen-bond donors (Lipinski definition) is 1. The zero-order valence-electron chi connectivity index (χ0n) is 8.69. The maximum Gasteiger partial charge on any atom is 0.337 e. The molecule has 0 amide bonds. The van der Waals surface area contributed by atoms with Crippen molar-refractivity contribution in [3.63, 3.8) is 0 Å². The van der Waals surface area contributed by atoms with Crippen LogP contribution in [-0.4, -0.2) is 18.2 Å². The molecule has 0 saturated heterocycles. The Morgan fingerprint density at radius 2 is 2.20 bits per heavy atom. The number of aliphatic hydroxyl groups excluding tert-OH is 1. The maximum absolute atomic E-state index is 11.4. The molecule has 1 aromatic rings. The Hall–Kier alpha value is -1.35. The highest BCUT2D eigenvalue weighted by atomic mass is 16.5. The van der Waals surface area contributed by atoms with Crippen LogP contribution >= 0.6 is 0 Å². The number of esters is 1. The summed E-state index contributed by atoms with van der Waals surface area (Å²) in [7, 11) is 1.37. The molecule has 0 unspecified atom stereocenters. The average Bonchev–Trinajstić information content (AvgIpc) is 3.11. The quantitative estimate of drug-likeness (QED) is 0.767. The molecule has 0 heterocycles. The summed E-state index contributed by atoms with van der Waals surface area (Å²) in [6.07, 6.45) is 2.35. The van der Waals surface area contributed by atoms with Crippen molar-refractivity contribution in [1.29, 1.82) is 0 Å². The smallest absolute Gasteiger partial charge is 0.337 e. The highest BCUT2D eigenvalue weighted by Crippen LogP contribution is 2.40. The van der Waals surface area contributed by atoms with Crippen LogP contribution in [0.15, 0.2) is 18.2 Å². The van der Waals surface area contributed by atoms with E-state index in [1.54, 1.807) is 6.07 Å². The van der Waals surface area contributed by atoms with Crippen LogP contribution in [0, 0.1) is 0 Å². The van der Waals surface area contributed by atoms with Crippen LogP contribution in [0.25, 0.3) is 0 Å². The van der Waals surface area contributed by atoms with E-state index < -0.39 is 0 Å². The van der Waals surface area contributed by atoms with Crippen molar-refractivity contribution in [2.45, 2.75) is 25.4 Å². The average molecular weight is 206 g/mol. The van der Waals surface area contributed by atoms with Crippen LogP contribution in [0.2, 0.25) is 0 Å². The minimum Gasteiger partial charge on any atom is -0.465 e. The van der Waals surface area contributed by atoms with Gasteiger partial charge in [0.25, 0.3) is 0 Å². The number of carbonyl (C=O) groups is 1. The number of rotatable bonds is 3. The van der Waals surface area contributed by atoms with E-state index >= 15 is 0 Å². The predicted octanol–water partition coefficient (Wildman–Crippen LogP) is 1.84. The van der Waals surface area contributed by atoms with Gasteiger partial charge in [0, 0.05) is 0 Å². The topological polar surface area (TPSA) is 46.5 Å². The molecule has 0 aromatic heterocycles. The molecule has 80 valence electrons. The number of aliphatic hydroxyl groups is 1. The summed E-state index contributed by atoms with van der Waals surface area (Å²) in [5.74, 6) is 0.229. The van der Waals surface area contributed by atoms with Crippen molar-refractivity contribution in [3.05, 3.63) is 34.9 Å². The maximum atomic E-state index is 11.4. The molecule has 1 aromatic carbocycles. The summed E-state index contributed by atoms with van der Waals surface area (Å²) >= 11 is 0. The van der Waals surface area contributed by atoms with Gasteiger partial charge in [0.1, 0.15) is 0 Å². The predicted molar refractivity (Wildman–Crippen MR) is 55.7 cm³/mol. The lowest BCUT2D eigenvalue weighted by atomic mass is 10.0. The fraction of sp³-hybridized carbons (Fsp3) is 0.417. The third kappa shape index (κ3) is 2.18. The monoisotopic (exact) mass is 206 g/mol. The first kappa shape index (κ1) is 10.2. The minimum absolute atomic E-state index is 0.0371. The fourth-order valence-electron chi connectivity index (χ4n) is 1.70. The third-order valence-electron chi connectivity index (χ3n) is 2.67. The van der Waals surface area contributed by atoms with E-state index in [0.29, 0.717) is 11.5 Å². The van der Waals surface area contributed by atoms with Crippen LogP contribution in [0.4, 0.5) is 0 Å². The standard InChI is InChI=1S/C12H14O3/c1-15-12(14)11-5-8(7-13)4-10(6-11)9-2-3-9/h4-6,9,13H,2-3,7H2,1H3. The first-order chi connectivity index (χ1) is 7.24. The van der Waals surface area contributed by atoms with Crippen molar-refractivity contribution in [2.24, 2.45) is 0 Å². The Kier molecular flexibility index (Phi) is 2.73. The largest absolute Gasteiger partial charge is 0.465 e. The van der Waals surface area contributed by atoms with Crippen molar-refractivity contribution in [2.75, 3.05) is 7.11 Å². The molecule has 1 N–H and O–H groups in total. The van der Waals surface area contributed by atoms with E-state index in [1.807, 2.05) is 12.1 Å². The zero-order chi connectivity index (χ0) is 10.8. The molecule has 3 nitrogen and oxygen atoms in total. The summed E-state index contributed by atoms with van der Waals surface area (Å²) < 4.78 is 4.67. The Morgan fingerprint density at radius 3 is 2.73 bits per heavy atom. The molecular formula is C12H14O3. The van der Waals surface area contributed by atoms with E-state index in [0.717, 1.165) is 11.1 Å². The highest BCUT2D eigenvalue weighted by molar-refractivity contribution is 5.89. The van der Waals surface area contributed by atoms with Gasteiger partial charge < -0.3 is 9.84 Å². The van der Waals surface area contributed by atoms with Crippen LogP contribution in [0.1, 0.15) is 40.2 Å². The minimum atomic E-state index is -0.341. The van der Waals surface area contributed by atoms with E-state index in [4.69, 9.17) is 5.11 Å². The normalized spacial score (nSPS) is 15.1. The Bertz CT molecular complexity index is 380. The highest BCUT2D eigenvalue weighted by Gasteiger charge is 2.24. The Balaban J connectivity index is 2.36. The first-order valence-corrected chi connectivity index (χ1v) is 5.07. The molecule has 0 bridgehead atoms. The van der Waals surface area contributed by atoms with E-state index in [2.05, 4.69) is 4.74 Å². The van der Waals surface area contributed by atoms with E-state index in [-0.39, 0.29) is 12.6 Å². The molecule has 1 aliphatic carbocycles. The lowest BCUT2D eigenvalue weighted by Crippen LogP contribution is -2.03. The summed E-state index contributed by atoms with van der Waals surface area (Å²) in [6, 6.07) is 5.50. The number of benzene rings is 1. The lowest BCUT2D eigenvalue weighted by molar-refractivity contribution is 0.0600. The SMILES string of the molecule is COC(=O)c1cc(CO)cc(C2CC2)c1. The number of carbonyl (C=O) groups excluding carboxylic acids is 1. The second kappa shape index (κ2) is 4.03. The summed E-state index contributed by atoms with van der Waals surface area (Å²) in [5, 5.41) is 9.09. The first-order valence-electron chi connectivity index (χ1n) is 5.07. The van der Waals surface area contributed by atoms with E-state index in [1.165, 1.54) is 20.0 Å². The number of methoxy groups -OCH3 is 1. The number of ether oxygens (including phenoxy) is 1. The van der Waals surface area contributed by atoms with Gasteiger partial charge in [0.2, 0.25) is 0 Å². The molecule has 15 heavy (non-hydrogen) atoms. The molecule has 1 fully saturated rings. The molecule has 1 saturated carbocycles. The van der Waals surface area contributed by atoms with Gasteiger partial charge >= 0.3 is 5.97 Å². The summed E-state index contributed by atoms with van der Waals surface area (Å²) in [6.45, 7) is -0.0371. The van der Waals surface area contributed by atoms with Gasteiger partial charge in [0.15, 0.2) is 0 Å². The van der Waals surface area contributed by atoms with Crippen molar-refractivity contribution in [3.8, 4) is 0 Å². The van der Waals surface area contributed by atoms with Gasteiger partial charge in [-0.15, -0.1) is 0 Å². The van der Waals surface area contributed by atoms with Gasteiger partial charge in [-0.2, -0.15) is 0 Å². The van der Waals surface area contributed by atoms with Crippen molar-refractivity contribution < 1.29 is 14.6 Å². The summed E-state index contributed by atoms with van der Waals surface area (Å²) in [5.41, 5.74) is 2.45. The van der Waals surface area contributed by atoms with Gasteiger partial charge in [0.05, 0.1) is 19.3 Å². The molecule has 1 aliphatic rings. The Labute approximate surface area is 88.7 Å². The van der Waals surface area contributed by atoms with Crippen LogP contribution in [0.3, 0.4) is 0 Å². The molecule has 0 spiro atoms. The van der Waals surface area contributed by atoms with Crippen LogP contribution < -0.4 is 0 Å². The lowest BCUT2D eigenvalue weighted by Gasteiger charge is -2.06. The van der Waals surface area contributed by atoms with Gasteiger partial charge in [-0.05, 0) is 42.0 Å². The second-order valence-corrected chi connectivity index (χ2v) is 3.89. The van der Waals surface area contributed by atoms with E-state index in [9.17, 15) is 4.79 Å². The molecule has 0 aliphatic heterocycles. The zero-order valence-corrected chi connectivity index (χ0v) is 8.69. The fourth-order valence-corrected chi connectivity index (χ4v) is 1.70. The molecule has 0 atom stereocenters. The molecular weight excluding hydrogens is 192 g/mol.